The summed E-state index contributed by atoms with van der Waals surface area (Å²) < 4.78 is 5.32. The molecule has 0 fully saturated rings. The van der Waals surface area contributed by atoms with E-state index in [0.717, 1.165) is 12.7 Å². The van der Waals surface area contributed by atoms with Gasteiger partial charge in [-0.15, -0.1) is 0 Å². The van der Waals surface area contributed by atoms with Gasteiger partial charge in [-0.3, -0.25) is 0 Å². The normalized spacial score (nSPS) is 12.0. The molecule has 0 aromatic rings. The molecule has 0 aliphatic rings. The van der Waals surface area contributed by atoms with Crippen LogP contribution >= 0.6 is 0 Å². The van der Waals surface area contributed by atoms with Crippen molar-refractivity contribution in [3.05, 3.63) is 0 Å². The maximum atomic E-state index is 5.32. The lowest BCUT2D eigenvalue weighted by atomic mass is 10.8. The lowest BCUT2D eigenvalue weighted by molar-refractivity contribution is 0.400. The average molecular weight is 147 g/mol. The molecule has 0 aliphatic heterocycles. The van der Waals surface area contributed by atoms with Gasteiger partial charge >= 0.3 is 0 Å². The fraction of sp³-hybridized carbons (Fsp3) is 1.00. The van der Waals surface area contributed by atoms with Crippen LogP contribution in [0, 0.1) is 0 Å². The average Bonchev–Trinajstić information content (AvgIpc) is 1.84. The zero-order valence-corrected chi connectivity index (χ0v) is 7.82. The molecule has 0 rings (SSSR count). The molecule has 56 valence electrons. The van der Waals surface area contributed by atoms with Crippen LogP contribution in [0.2, 0.25) is 13.1 Å². The summed E-state index contributed by atoms with van der Waals surface area (Å²) in [5.41, 5.74) is 0. The molecule has 0 bridgehead atoms. The minimum Gasteiger partial charge on any atom is -0.419 e. The Labute approximate surface area is 58.7 Å². The predicted molar refractivity (Wildman–Crippen MR) is 43.0 cm³/mol. The molecule has 3 heteroatoms. The van der Waals surface area contributed by atoms with Crippen LogP contribution in [0.5, 0.6) is 0 Å². The van der Waals surface area contributed by atoms with Gasteiger partial charge in [0.2, 0.25) is 0 Å². The Morgan fingerprint density at radius 1 is 1.44 bits per heavy atom. The van der Waals surface area contributed by atoms with Crippen molar-refractivity contribution in [3.63, 3.8) is 0 Å². The van der Waals surface area contributed by atoms with Crippen LogP contribution in [-0.2, 0) is 4.43 Å². The number of hydrogen-bond donors (Lipinski definition) is 1. The van der Waals surface area contributed by atoms with Crippen LogP contribution in [0.25, 0.3) is 0 Å². The SMILES string of the molecule is CCNC[Si](C)(C)OC. The van der Waals surface area contributed by atoms with Gasteiger partial charge < -0.3 is 9.74 Å². The molecule has 0 amide bonds. The van der Waals surface area contributed by atoms with E-state index in [0.29, 0.717) is 0 Å². The van der Waals surface area contributed by atoms with Crippen molar-refractivity contribution in [1.82, 2.24) is 5.32 Å². The maximum Gasteiger partial charge on any atom is 0.199 e. The van der Waals surface area contributed by atoms with Crippen LogP contribution < -0.4 is 5.32 Å². The standard InChI is InChI=1S/C6H17NOSi/c1-5-7-6-9(3,4)8-2/h7H,5-6H2,1-4H3. The van der Waals surface area contributed by atoms with E-state index in [1.165, 1.54) is 0 Å². The van der Waals surface area contributed by atoms with Gasteiger partial charge in [0.25, 0.3) is 0 Å². The molecule has 0 atom stereocenters. The van der Waals surface area contributed by atoms with E-state index in [-0.39, 0.29) is 0 Å². The molecule has 0 radical (unpaired) electrons. The van der Waals surface area contributed by atoms with Crippen LogP contribution in [0.3, 0.4) is 0 Å². The zero-order chi connectivity index (χ0) is 7.33. The summed E-state index contributed by atoms with van der Waals surface area (Å²) in [6, 6.07) is 0. The first-order chi connectivity index (χ1) is 4.12. The van der Waals surface area contributed by atoms with E-state index in [2.05, 4.69) is 25.3 Å². The zero-order valence-electron chi connectivity index (χ0n) is 6.82. The Morgan fingerprint density at radius 2 is 2.00 bits per heavy atom. The molecule has 0 aromatic carbocycles. The second-order valence-corrected chi connectivity index (χ2v) is 7.03. The molecule has 2 nitrogen and oxygen atoms in total. The molecule has 0 aromatic heterocycles. The van der Waals surface area contributed by atoms with Gasteiger partial charge in [-0.25, -0.2) is 0 Å². The van der Waals surface area contributed by atoms with Crippen molar-refractivity contribution in [2.45, 2.75) is 20.0 Å². The third kappa shape index (κ3) is 4.63. The lowest BCUT2D eigenvalue weighted by Crippen LogP contribution is -2.41. The largest absolute Gasteiger partial charge is 0.419 e. The van der Waals surface area contributed by atoms with Gasteiger partial charge in [0.05, 0.1) is 0 Å². The van der Waals surface area contributed by atoms with Gasteiger partial charge in [-0.05, 0) is 19.6 Å². The molecule has 9 heavy (non-hydrogen) atoms. The molecular weight excluding hydrogens is 130 g/mol. The van der Waals surface area contributed by atoms with E-state index in [1.807, 2.05) is 0 Å². The van der Waals surface area contributed by atoms with Gasteiger partial charge in [0.1, 0.15) is 0 Å². The smallest absolute Gasteiger partial charge is 0.199 e. The molecule has 0 saturated heterocycles. The van der Waals surface area contributed by atoms with E-state index < -0.39 is 8.32 Å². The highest BCUT2D eigenvalue weighted by Crippen LogP contribution is 1.98. The number of hydrogen-bond acceptors (Lipinski definition) is 2. The van der Waals surface area contributed by atoms with Gasteiger partial charge in [0, 0.05) is 13.3 Å². The summed E-state index contributed by atoms with van der Waals surface area (Å²) in [6.45, 7) is 7.56. The van der Waals surface area contributed by atoms with Gasteiger partial charge in [-0.2, -0.15) is 0 Å². The minimum atomic E-state index is -1.31. The number of rotatable bonds is 4. The Morgan fingerprint density at radius 3 is 2.33 bits per heavy atom. The van der Waals surface area contributed by atoms with Crippen molar-refractivity contribution < 1.29 is 4.43 Å². The Balaban J connectivity index is 3.33. The first-order valence-electron chi connectivity index (χ1n) is 3.38. The van der Waals surface area contributed by atoms with Gasteiger partial charge in [-0.1, -0.05) is 6.92 Å². The van der Waals surface area contributed by atoms with E-state index in [4.69, 9.17) is 4.43 Å². The highest BCUT2D eigenvalue weighted by Gasteiger charge is 2.18. The predicted octanol–water partition coefficient (Wildman–Crippen LogP) is 0.987. The summed E-state index contributed by atoms with van der Waals surface area (Å²) in [6.07, 6.45) is 1.06. The van der Waals surface area contributed by atoms with E-state index in [1.54, 1.807) is 7.11 Å². The van der Waals surface area contributed by atoms with Crippen molar-refractivity contribution in [2.75, 3.05) is 19.8 Å². The van der Waals surface area contributed by atoms with Crippen LogP contribution in [-0.4, -0.2) is 28.1 Å². The highest BCUT2D eigenvalue weighted by atomic mass is 28.4. The molecule has 0 saturated carbocycles. The Kier molecular flexibility index (Phi) is 4.09. The van der Waals surface area contributed by atoms with Crippen LogP contribution in [0.15, 0.2) is 0 Å². The van der Waals surface area contributed by atoms with E-state index in [9.17, 15) is 0 Å². The summed E-state index contributed by atoms with van der Waals surface area (Å²) in [7, 11) is 0.486. The van der Waals surface area contributed by atoms with Crippen molar-refractivity contribution in [2.24, 2.45) is 0 Å². The minimum absolute atomic E-state index is 1.04. The third-order valence-electron chi connectivity index (χ3n) is 1.35. The topological polar surface area (TPSA) is 21.3 Å². The fourth-order valence-electron chi connectivity index (χ4n) is 0.498. The second kappa shape index (κ2) is 4.03. The molecule has 1 N–H and O–H groups in total. The quantitative estimate of drug-likeness (QED) is 0.599. The summed E-state index contributed by atoms with van der Waals surface area (Å²) in [4.78, 5) is 0. The first kappa shape index (κ1) is 9.14. The monoisotopic (exact) mass is 147 g/mol. The first-order valence-corrected chi connectivity index (χ1v) is 6.50. The van der Waals surface area contributed by atoms with Crippen LogP contribution in [0.1, 0.15) is 6.92 Å². The summed E-state index contributed by atoms with van der Waals surface area (Å²) in [5.74, 6) is 0. The fourth-order valence-corrected chi connectivity index (χ4v) is 1.49. The van der Waals surface area contributed by atoms with E-state index >= 15 is 0 Å². The number of nitrogens with one attached hydrogen (secondary N) is 1. The van der Waals surface area contributed by atoms with Crippen molar-refractivity contribution in [3.8, 4) is 0 Å². The highest BCUT2D eigenvalue weighted by molar-refractivity contribution is 6.71. The van der Waals surface area contributed by atoms with Gasteiger partial charge in [0.15, 0.2) is 8.32 Å². The summed E-state index contributed by atoms with van der Waals surface area (Å²) >= 11 is 0. The second-order valence-electron chi connectivity index (χ2n) is 2.74. The summed E-state index contributed by atoms with van der Waals surface area (Å²) in [5, 5.41) is 3.28. The Hall–Kier alpha value is 0.137. The maximum absolute atomic E-state index is 5.32. The van der Waals surface area contributed by atoms with Crippen molar-refractivity contribution in [1.29, 1.82) is 0 Å². The van der Waals surface area contributed by atoms with Crippen molar-refractivity contribution >= 4 is 8.32 Å². The molecular formula is C6H17NOSi. The lowest BCUT2D eigenvalue weighted by Gasteiger charge is -2.19. The third-order valence-corrected chi connectivity index (χ3v) is 3.56. The molecule has 0 spiro atoms. The Bertz CT molecular complexity index is 75.5. The molecule has 0 aliphatic carbocycles. The molecule has 0 unspecified atom stereocenters. The molecule has 0 heterocycles. The van der Waals surface area contributed by atoms with Crippen LogP contribution in [0.4, 0.5) is 0 Å².